The van der Waals surface area contributed by atoms with Crippen molar-refractivity contribution in [3.8, 4) is 0 Å². The van der Waals surface area contributed by atoms with Crippen molar-refractivity contribution in [3.63, 3.8) is 0 Å². The molecule has 2 aliphatic heterocycles. The summed E-state index contributed by atoms with van der Waals surface area (Å²) < 4.78 is 1.80. The molecule has 4 aliphatic rings. The van der Waals surface area contributed by atoms with Gasteiger partial charge in [0.05, 0.1) is 17.6 Å². The van der Waals surface area contributed by atoms with E-state index in [0.29, 0.717) is 23.6 Å². The van der Waals surface area contributed by atoms with Crippen LogP contribution in [0.5, 0.6) is 0 Å². The predicted octanol–water partition coefficient (Wildman–Crippen LogP) is 4.11. The van der Waals surface area contributed by atoms with Crippen LogP contribution >= 0.6 is 0 Å². The van der Waals surface area contributed by atoms with Crippen LogP contribution in [0.3, 0.4) is 0 Å². The summed E-state index contributed by atoms with van der Waals surface area (Å²) in [5, 5.41) is 22.6. The molecule has 1 aromatic carbocycles. The highest BCUT2D eigenvalue weighted by atomic mass is 16.6. The number of carbonyl (C=O) groups is 1. The minimum atomic E-state index is -1.38. The predicted molar refractivity (Wildman–Crippen MR) is 148 cm³/mol. The number of benzene rings is 1. The van der Waals surface area contributed by atoms with Crippen molar-refractivity contribution in [2.75, 3.05) is 13.2 Å². The van der Waals surface area contributed by atoms with Gasteiger partial charge in [0.1, 0.15) is 6.61 Å². The Morgan fingerprint density at radius 2 is 1.62 bits per heavy atom. The molecule has 2 saturated heterocycles. The summed E-state index contributed by atoms with van der Waals surface area (Å²) >= 11 is 0. The summed E-state index contributed by atoms with van der Waals surface area (Å²) in [6.07, 6.45) is 14.9. The number of para-hydroxylation sites is 2. The van der Waals surface area contributed by atoms with E-state index in [1.165, 1.54) is 51.4 Å². The fourth-order valence-corrected chi connectivity index (χ4v) is 8.31. The maximum atomic E-state index is 14.0. The second-order valence-corrected chi connectivity index (χ2v) is 12.1. The lowest BCUT2D eigenvalue weighted by atomic mass is 9.73. The molecule has 4 bridgehead atoms. The van der Waals surface area contributed by atoms with Gasteiger partial charge >= 0.3 is 5.97 Å². The van der Waals surface area contributed by atoms with Gasteiger partial charge in [-0.2, -0.15) is 0 Å². The van der Waals surface area contributed by atoms with E-state index in [0.717, 1.165) is 43.0 Å². The summed E-state index contributed by atoms with van der Waals surface area (Å²) in [6, 6.07) is 8.95. The van der Waals surface area contributed by atoms with Crippen molar-refractivity contribution in [3.05, 3.63) is 40.3 Å². The van der Waals surface area contributed by atoms with Gasteiger partial charge < -0.3 is 19.6 Å². The SMILES string of the molecule is O=C(O)/C(=N\OCCO)c1nc2ccccc2n([C@H]2C[C@H]3CCC[C@@H](C2)N3[C@@H]2C[C@@H]3CCCC[C@@H](C3)C2)c1=O. The molecule has 210 valence electrons. The van der Waals surface area contributed by atoms with Crippen LogP contribution in [0.25, 0.3) is 11.0 Å². The Balaban J connectivity index is 1.35. The van der Waals surface area contributed by atoms with Gasteiger partial charge in [0.15, 0.2) is 5.69 Å². The molecule has 9 heteroatoms. The summed E-state index contributed by atoms with van der Waals surface area (Å²) in [5.74, 6) is 0.349. The van der Waals surface area contributed by atoms with Crippen molar-refractivity contribution in [2.45, 2.75) is 101 Å². The van der Waals surface area contributed by atoms with Crippen LogP contribution in [0.1, 0.15) is 88.8 Å². The van der Waals surface area contributed by atoms with Gasteiger partial charge in [-0.25, -0.2) is 9.78 Å². The molecule has 2 N–H and O–H groups in total. The number of hydrogen-bond donors (Lipinski definition) is 2. The first kappa shape index (κ1) is 26.4. The van der Waals surface area contributed by atoms with E-state index in [1.807, 2.05) is 24.3 Å². The minimum absolute atomic E-state index is 0.0324. The Bertz CT molecular complexity index is 1260. The number of aromatic nitrogens is 2. The second kappa shape index (κ2) is 11.4. The Morgan fingerprint density at radius 1 is 0.923 bits per heavy atom. The molecule has 0 unspecified atom stereocenters. The Labute approximate surface area is 228 Å². The number of oxime groups is 1. The molecule has 39 heavy (non-hydrogen) atoms. The topological polar surface area (TPSA) is 117 Å². The number of aliphatic hydroxyl groups excluding tert-OH is 1. The molecule has 0 spiro atoms. The number of carboxylic acids is 1. The number of hydrogen-bond acceptors (Lipinski definition) is 7. The zero-order chi connectivity index (χ0) is 26.9. The van der Waals surface area contributed by atoms with E-state index in [4.69, 9.17) is 9.94 Å². The van der Waals surface area contributed by atoms with Crippen LogP contribution in [0, 0.1) is 11.8 Å². The smallest absolute Gasteiger partial charge is 0.360 e. The quantitative estimate of drug-likeness (QED) is 0.311. The molecule has 2 saturated carbocycles. The first-order valence-corrected chi connectivity index (χ1v) is 14.9. The number of fused-ring (bicyclic) bond motifs is 5. The van der Waals surface area contributed by atoms with E-state index in [2.05, 4.69) is 15.0 Å². The van der Waals surface area contributed by atoms with Gasteiger partial charge in [-0.15, -0.1) is 0 Å². The van der Waals surface area contributed by atoms with Crippen LogP contribution < -0.4 is 5.56 Å². The van der Waals surface area contributed by atoms with Crippen LogP contribution in [0.15, 0.2) is 34.2 Å². The normalized spacial score (nSPS) is 31.6. The molecule has 6 rings (SSSR count). The lowest BCUT2D eigenvalue weighted by molar-refractivity contribution is -0.129. The standard InChI is InChI=1S/C30H40N4O5/c35-12-13-39-32-28(30(37)38)27-29(36)34(26-11-4-3-10-25(26)31-27)24-17-21-8-5-9-22(18-24)33(21)23-15-19-6-1-2-7-20(14-19)16-23/h3-4,10-11,19-24,35H,1-2,5-9,12-18H2,(H,37,38)/b32-28-/t19-,20+,21-,22+,23-,24+. The lowest BCUT2D eigenvalue weighted by Gasteiger charge is -2.54. The van der Waals surface area contributed by atoms with Gasteiger partial charge in [0.2, 0.25) is 5.71 Å². The molecule has 3 heterocycles. The van der Waals surface area contributed by atoms with E-state index >= 15 is 0 Å². The zero-order valence-electron chi connectivity index (χ0n) is 22.6. The first-order chi connectivity index (χ1) is 19.0. The number of piperidine rings is 2. The van der Waals surface area contributed by atoms with Crippen molar-refractivity contribution in [2.24, 2.45) is 17.0 Å². The maximum absolute atomic E-state index is 14.0. The lowest BCUT2D eigenvalue weighted by Crippen LogP contribution is -2.58. The average Bonchev–Trinajstić information content (AvgIpc) is 3.09. The van der Waals surface area contributed by atoms with Gasteiger partial charge in [-0.05, 0) is 68.9 Å². The van der Waals surface area contributed by atoms with Crippen molar-refractivity contribution in [1.82, 2.24) is 14.5 Å². The Kier molecular flexibility index (Phi) is 7.71. The molecule has 0 amide bonds. The molecular weight excluding hydrogens is 496 g/mol. The highest BCUT2D eigenvalue weighted by molar-refractivity contribution is 6.41. The molecule has 4 fully saturated rings. The Morgan fingerprint density at radius 3 is 2.28 bits per heavy atom. The third kappa shape index (κ3) is 5.23. The van der Waals surface area contributed by atoms with Crippen molar-refractivity contribution < 1.29 is 19.8 Å². The summed E-state index contributed by atoms with van der Waals surface area (Å²) in [5.41, 5.74) is 0.0979. The van der Waals surface area contributed by atoms with E-state index < -0.39 is 17.2 Å². The van der Waals surface area contributed by atoms with Crippen LogP contribution in [-0.4, -0.2) is 67.7 Å². The molecular formula is C30H40N4O5. The third-order valence-electron chi connectivity index (χ3n) is 9.71. The van der Waals surface area contributed by atoms with Crippen LogP contribution in [-0.2, 0) is 9.63 Å². The summed E-state index contributed by atoms with van der Waals surface area (Å²) in [6.45, 7) is -0.473. The number of rotatable bonds is 7. The zero-order valence-corrected chi connectivity index (χ0v) is 22.6. The van der Waals surface area contributed by atoms with Crippen LogP contribution in [0.4, 0.5) is 0 Å². The van der Waals surface area contributed by atoms with Crippen molar-refractivity contribution >= 4 is 22.7 Å². The van der Waals surface area contributed by atoms with E-state index in [-0.39, 0.29) is 24.9 Å². The number of aliphatic carboxylic acids is 1. The average molecular weight is 537 g/mol. The van der Waals surface area contributed by atoms with Crippen molar-refractivity contribution in [1.29, 1.82) is 0 Å². The van der Waals surface area contributed by atoms with Crippen LogP contribution in [0.2, 0.25) is 0 Å². The molecule has 0 radical (unpaired) electrons. The molecule has 9 nitrogen and oxygen atoms in total. The number of nitrogens with zero attached hydrogens (tertiary/aromatic N) is 4. The fourth-order valence-electron chi connectivity index (χ4n) is 8.31. The third-order valence-corrected chi connectivity index (χ3v) is 9.71. The number of carboxylic acid groups (broad SMARTS) is 1. The number of aliphatic hydroxyl groups is 1. The minimum Gasteiger partial charge on any atom is -0.476 e. The second-order valence-electron chi connectivity index (χ2n) is 12.1. The molecule has 1 aromatic heterocycles. The Hall–Kier alpha value is -2.78. The molecule has 2 aliphatic carbocycles. The monoisotopic (exact) mass is 536 g/mol. The molecule has 2 aromatic rings. The summed E-state index contributed by atoms with van der Waals surface area (Å²) in [4.78, 5) is 38.3. The maximum Gasteiger partial charge on any atom is 0.360 e. The fraction of sp³-hybridized carbons (Fsp3) is 0.667. The van der Waals surface area contributed by atoms with E-state index in [9.17, 15) is 14.7 Å². The van der Waals surface area contributed by atoms with Gasteiger partial charge in [-0.3, -0.25) is 9.69 Å². The molecule has 6 atom stereocenters. The van der Waals surface area contributed by atoms with Gasteiger partial charge in [-0.1, -0.05) is 49.4 Å². The summed E-state index contributed by atoms with van der Waals surface area (Å²) in [7, 11) is 0. The first-order valence-electron chi connectivity index (χ1n) is 14.9. The highest BCUT2D eigenvalue weighted by Crippen LogP contribution is 2.47. The van der Waals surface area contributed by atoms with Gasteiger partial charge in [0, 0.05) is 24.2 Å². The largest absolute Gasteiger partial charge is 0.476 e. The van der Waals surface area contributed by atoms with E-state index in [1.54, 1.807) is 4.57 Å². The highest BCUT2D eigenvalue weighted by Gasteiger charge is 2.45. The van der Waals surface area contributed by atoms with Gasteiger partial charge in [0.25, 0.3) is 5.56 Å².